The normalized spacial score (nSPS) is 18.8. The number of aromatic hydroxyl groups is 1. The van der Waals surface area contributed by atoms with Crippen LogP contribution in [0.15, 0.2) is 18.2 Å². The molecule has 0 fully saturated rings. The van der Waals surface area contributed by atoms with Crippen LogP contribution in [0, 0.1) is 0 Å². The third kappa shape index (κ3) is 2.87. The van der Waals surface area contributed by atoms with Crippen molar-refractivity contribution in [2.75, 3.05) is 20.2 Å². The van der Waals surface area contributed by atoms with Crippen molar-refractivity contribution in [3.05, 3.63) is 23.8 Å². The number of nitrogens with zero attached hydrogens (tertiary/aromatic N) is 1. The molecule has 0 saturated heterocycles. The van der Waals surface area contributed by atoms with E-state index < -0.39 is 12.6 Å². The number of alkyl halides is 3. The fourth-order valence-corrected chi connectivity index (χ4v) is 2.01. The molecule has 1 aliphatic heterocycles. The van der Waals surface area contributed by atoms with Crippen molar-refractivity contribution in [3.8, 4) is 11.5 Å². The van der Waals surface area contributed by atoms with Gasteiger partial charge < -0.3 is 9.84 Å². The van der Waals surface area contributed by atoms with Crippen molar-refractivity contribution < 1.29 is 23.0 Å². The van der Waals surface area contributed by atoms with E-state index in [4.69, 9.17) is 4.74 Å². The first-order valence-electron chi connectivity index (χ1n) is 5.59. The summed E-state index contributed by atoms with van der Waals surface area (Å²) in [5.74, 6) is 0.631. The molecule has 6 heteroatoms. The van der Waals surface area contributed by atoms with Crippen molar-refractivity contribution in [2.24, 2.45) is 0 Å². The van der Waals surface area contributed by atoms with Crippen LogP contribution in [-0.4, -0.2) is 36.4 Å². The standard InChI is InChI=1S/C12H14F3NO2/c1-16(5-4-12(13,14)15)10-7-18-11-6-8(17)2-3-9(10)11/h2-3,6,10,17H,4-5,7H2,1H3. The molecule has 1 aliphatic rings. The van der Waals surface area contributed by atoms with E-state index in [9.17, 15) is 18.3 Å². The second-order valence-corrected chi connectivity index (χ2v) is 4.39. The van der Waals surface area contributed by atoms with E-state index in [-0.39, 0.29) is 18.3 Å². The van der Waals surface area contributed by atoms with E-state index in [1.165, 1.54) is 12.1 Å². The van der Waals surface area contributed by atoms with Gasteiger partial charge in [0.25, 0.3) is 0 Å². The summed E-state index contributed by atoms with van der Waals surface area (Å²) in [5.41, 5.74) is 0.817. The average Bonchev–Trinajstić information content (AvgIpc) is 2.67. The van der Waals surface area contributed by atoms with Crippen LogP contribution in [0.5, 0.6) is 11.5 Å². The van der Waals surface area contributed by atoms with Crippen molar-refractivity contribution in [2.45, 2.75) is 18.6 Å². The molecular weight excluding hydrogens is 247 g/mol. The average molecular weight is 261 g/mol. The molecule has 0 aromatic heterocycles. The van der Waals surface area contributed by atoms with Crippen molar-refractivity contribution >= 4 is 0 Å². The third-order valence-corrected chi connectivity index (χ3v) is 3.03. The van der Waals surface area contributed by atoms with Crippen LogP contribution in [0.2, 0.25) is 0 Å². The molecule has 1 aromatic carbocycles. The highest BCUT2D eigenvalue weighted by Gasteiger charge is 2.32. The van der Waals surface area contributed by atoms with Gasteiger partial charge >= 0.3 is 6.18 Å². The van der Waals surface area contributed by atoms with Gasteiger partial charge in [-0.05, 0) is 19.2 Å². The molecule has 0 bridgehead atoms. The highest BCUT2D eigenvalue weighted by atomic mass is 19.4. The Morgan fingerprint density at radius 3 is 2.83 bits per heavy atom. The molecule has 1 unspecified atom stereocenters. The Labute approximate surface area is 103 Å². The molecule has 0 radical (unpaired) electrons. The molecule has 18 heavy (non-hydrogen) atoms. The van der Waals surface area contributed by atoms with Gasteiger partial charge in [0, 0.05) is 18.2 Å². The number of fused-ring (bicyclic) bond motifs is 1. The summed E-state index contributed by atoms with van der Waals surface area (Å²) in [6.45, 7) is 0.241. The number of rotatable bonds is 3. The van der Waals surface area contributed by atoms with Crippen LogP contribution in [0.1, 0.15) is 18.0 Å². The molecule has 0 saturated carbocycles. The lowest BCUT2D eigenvalue weighted by atomic mass is 10.1. The van der Waals surface area contributed by atoms with E-state index in [0.29, 0.717) is 12.4 Å². The van der Waals surface area contributed by atoms with Gasteiger partial charge in [-0.3, -0.25) is 4.90 Å². The molecule has 100 valence electrons. The van der Waals surface area contributed by atoms with Crippen LogP contribution >= 0.6 is 0 Å². The van der Waals surface area contributed by atoms with Gasteiger partial charge in [-0.25, -0.2) is 0 Å². The first kappa shape index (κ1) is 13.0. The number of halogens is 3. The SMILES string of the molecule is CN(CCC(F)(F)F)C1COc2cc(O)ccc21. The van der Waals surface area contributed by atoms with Gasteiger partial charge in [-0.15, -0.1) is 0 Å². The lowest BCUT2D eigenvalue weighted by Gasteiger charge is -2.23. The minimum Gasteiger partial charge on any atom is -0.508 e. The zero-order valence-electron chi connectivity index (χ0n) is 9.87. The zero-order chi connectivity index (χ0) is 13.3. The van der Waals surface area contributed by atoms with Crippen LogP contribution in [0.4, 0.5) is 13.2 Å². The lowest BCUT2D eigenvalue weighted by molar-refractivity contribution is -0.138. The largest absolute Gasteiger partial charge is 0.508 e. The predicted molar refractivity (Wildman–Crippen MR) is 59.6 cm³/mol. The molecule has 1 heterocycles. The van der Waals surface area contributed by atoms with Gasteiger partial charge in [-0.2, -0.15) is 13.2 Å². The minimum absolute atomic E-state index is 0.0716. The molecule has 3 nitrogen and oxygen atoms in total. The maximum absolute atomic E-state index is 12.2. The summed E-state index contributed by atoms with van der Waals surface area (Å²) in [6.07, 6.45) is -4.99. The number of phenols is 1. The minimum atomic E-state index is -4.15. The number of phenolic OH excluding ortho intramolecular Hbond substituents is 1. The summed E-state index contributed by atoms with van der Waals surface area (Å²) >= 11 is 0. The van der Waals surface area contributed by atoms with Gasteiger partial charge in [-0.1, -0.05) is 0 Å². The smallest absolute Gasteiger partial charge is 0.390 e. The number of benzene rings is 1. The Morgan fingerprint density at radius 1 is 1.44 bits per heavy atom. The topological polar surface area (TPSA) is 32.7 Å². The van der Waals surface area contributed by atoms with Gasteiger partial charge in [0.2, 0.25) is 0 Å². The fourth-order valence-electron chi connectivity index (χ4n) is 2.01. The number of likely N-dealkylation sites (N-methyl/N-ethyl adjacent to an activating group) is 1. The highest BCUT2D eigenvalue weighted by Crippen LogP contribution is 2.38. The van der Waals surface area contributed by atoms with Gasteiger partial charge in [0.1, 0.15) is 18.1 Å². The predicted octanol–water partition coefficient (Wildman–Crippen LogP) is 2.71. The summed E-state index contributed by atoms with van der Waals surface area (Å²) in [6, 6.07) is 4.49. The maximum Gasteiger partial charge on any atom is 0.390 e. The number of hydrogen-bond donors (Lipinski definition) is 1. The van der Waals surface area contributed by atoms with E-state index in [2.05, 4.69) is 0 Å². The van der Waals surface area contributed by atoms with Crippen LogP contribution in [0.3, 0.4) is 0 Å². The van der Waals surface area contributed by atoms with Crippen molar-refractivity contribution in [3.63, 3.8) is 0 Å². The summed E-state index contributed by atoms with van der Waals surface area (Å²) in [4.78, 5) is 1.62. The van der Waals surface area contributed by atoms with Gasteiger partial charge in [0.05, 0.1) is 12.5 Å². The van der Waals surface area contributed by atoms with E-state index >= 15 is 0 Å². The Hall–Kier alpha value is -1.43. The Balaban J connectivity index is 2.04. The molecule has 1 aromatic rings. The monoisotopic (exact) mass is 261 g/mol. The molecule has 1 N–H and O–H groups in total. The van der Waals surface area contributed by atoms with Crippen LogP contribution < -0.4 is 4.74 Å². The Kier molecular flexibility index (Phi) is 3.38. The molecule has 1 atom stereocenters. The Morgan fingerprint density at radius 2 is 2.17 bits per heavy atom. The van der Waals surface area contributed by atoms with Crippen molar-refractivity contribution in [1.82, 2.24) is 4.90 Å². The number of hydrogen-bond acceptors (Lipinski definition) is 3. The number of ether oxygens (including phenoxy) is 1. The second kappa shape index (κ2) is 4.68. The van der Waals surface area contributed by atoms with Crippen LogP contribution in [0.25, 0.3) is 0 Å². The molecule has 0 amide bonds. The Bertz CT molecular complexity index is 434. The highest BCUT2D eigenvalue weighted by molar-refractivity contribution is 5.44. The quantitative estimate of drug-likeness (QED) is 0.908. The molecule has 2 rings (SSSR count). The summed E-state index contributed by atoms with van der Waals surface area (Å²) < 4.78 is 41.8. The van der Waals surface area contributed by atoms with E-state index in [0.717, 1.165) is 5.56 Å². The lowest BCUT2D eigenvalue weighted by Crippen LogP contribution is -2.29. The molecule has 0 spiro atoms. The summed E-state index contributed by atoms with van der Waals surface area (Å²) in [5, 5.41) is 9.29. The molecular formula is C12H14F3NO2. The van der Waals surface area contributed by atoms with Gasteiger partial charge in [0.15, 0.2) is 0 Å². The maximum atomic E-state index is 12.2. The summed E-state index contributed by atoms with van der Waals surface area (Å²) in [7, 11) is 1.64. The van der Waals surface area contributed by atoms with E-state index in [1.807, 2.05) is 0 Å². The molecule has 0 aliphatic carbocycles. The van der Waals surface area contributed by atoms with E-state index in [1.54, 1.807) is 18.0 Å². The van der Waals surface area contributed by atoms with Crippen molar-refractivity contribution in [1.29, 1.82) is 0 Å². The second-order valence-electron chi connectivity index (χ2n) is 4.39. The van der Waals surface area contributed by atoms with Crippen LogP contribution in [-0.2, 0) is 0 Å². The first-order chi connectivity index (χ1) is 8.37. The zero-order valence-corrected chi connectivity index (χ0v) is 9.87. The fraction of sp³-hybridized carbons (Fsp3) is 0.500. The first-order valence-corrected chi connectivity index (χ1v) is 5.59. The third-order valence-electron chi connectivity index (χ3n) is 3.03.